The number of nitrogens with zero attached hydrogens (tertiary/aromatic N) is 3. The van der Waals surface area contributed by atoms with E-state index in [2.05, 4.69) is 15.0 Å². The second-order valence-corrected chi connectivity index (χ2v) is 8.14. The molecule has 4 rings (SSSR count). The molecule has 148 valence electrons. The van der Waals surface area contributed by atoms with Gasteiger partial charge in [0.2, 0.25) is 0 Å². The fourth-order valence-corrected chi connectivity index (χ4v) is 4.15. The van der Waals surface area contributed by atoms with Crippen molar-refractivity contribution in [2.45, 2.75) is 37.0 Å². The fourth-order valence-electron chi connectivity index (χ4n) is 3.08. The molecular weight excluding hydrogens is 401 g/mol. The van der Waals surface area contributed by atoms with Crippen molar-refractivity contribution in [3.05, 3.63) is 47.8 Å². The van der Waals surface area contributed by atoms with Gasteiger partial charge in [0.25, 0.3) is 0 Å². The summed E-state index contributed by atoms with van der Waals surface area (Å²) < 4.78 is 29.8. The number of ether oxygens (including phenoxy) is 3. The minimum Gasteiger partial charge on any atom is -0.493 e. The summed E-state index contributed by atoms with van der Waals surface area (Å²) in [7, 11) is -1.38. The Morgan fingerprint density at radius 1 is 1.24 bits per heavy atom. The number of aromatic nitrogens is 3. The van der Waals surface area contributed by atoms with Crippen LogP contribution < -0.4 is 39.3 Å². The van der Waals surface area contributed by atoms with Crippen LogP contribution in [0.3, 0.4) is 0 Å². The minimum atomic E-state index is -1.38. The van der Waals surface area contributed by atoms with Gasteiger partial charge < -0.3 is 24.2 Å². The molecule has 2 aromatic heterocycles. The maximum atomic E-state index is 12.7. The molecule has 0 N–H and O–H groups in total. The number of benzene rings is 1. The second-order valence-electron chi connectivity index (χ2n) is 6.79. The fraction of sp³-hybridized carbons (Fsp3) is 0.400. The summed E-state index contributed by atoms with van der Waals surface area (Å²) in [6, 6.07) is 9.31. The molecule has 9 heteroatoms. The van der Waals surface area contributed by atoms with Crippen LogP contribution in [0, 0.1) is 6.92 Å². The van der Waals surface area contributed by atoms with E-state index in [1.54, 1.807) is 6.20 Å². The van der Waals surface area contributed by atoms with Crippen LogP contribution in [-0.4, -0.2) is 39.8 Å². The first-order valence-electron chi connectivity index (χ1n) is 9.17. The van der Waals surface area contributed by atoms with Crippen molar-refractivity contribution < 1.29 is 48.0 Å². The summed E-state index contributed by atoms with van der Waals surface area (Å²) in [5.41, 5.74) is 3.07. The molecule has 1 atom stereocenters. The molecule has 3 aromatic rings. The Labute approximate surface area is 194 Å². The van der Waals surface area contributed by atoms with E-state index in [0.717, 1.165) is 22.3 Å². The Bertz CT molecular complexity index is 971. The van der Waals surface area contributed by atoms with Gasteiger partial charge in [-0.3, -0.25) is 9.19 Å². The number of fused-ring (bicyclic) bond motifs is 1. The first-order chi connectivity index (χ1) is 13.5. The van der Waals surface area contributed by atoms with Crippen LogP contribution >= 0.6 is 0 Å². The second kappa shape index (κ2) is 9.68. The summed E-state index contributed by atoms with van der Waals surface area (Å²) in [5, 5.41) is 0.331. The van der Waals surface area contributed by atoms with Crippen molar-refractivity contribution in [1.29, 1.82) is 0 Å². The Morgan fingerprint density at radius 3 is 2.76 bits per heavy atom. The topological polar surface area (TPSA) is 84.6 Å². The molecule has 0 aliphatic carbocycles. The van der Waals surface area contributed by atoms with E-state index in [9.17, 15) is 4.21 Å². The molecule has 0 spiro atoms. The number of hydrogen-bond donors (Lipinski definition) is 0. The SMILES string of the molecule is Cc1c(OCCC2(C)OCCO2)ccnc1CS(=O)c1nc2ccccc2[n-]1.[Na+]. The van der Waals surface area contributed by atoms with Crippen LogP contribution in [0.25, 0.3) is 11.0 Å². The monoisotopic (exact) mass is 423 g/mol. The molecule has 1 unspecified atom stereocenters. The molecule has 1 aliphatic heterocycles. The van der Waals surface area contributed by atoms with Crippen LogP contribution in [0.5, 0.6) is 5.75 Å². The van der Waals surface area contributed by atoms with Crippen LogP contribution in [0.15, 0.2) is 41.7 Å². The molecule has 7 nitrogen and oxygen atoms in total. The molecule has 1 fully saturated rings. The van der Waals surface area contributed by atoms with Gasteiger partial charge in [-0.15, -0.1) is 0 Å². The van der Waals surface area contributed by atoms with Gasteiger partial charge in [0.05, 0.1) is 42.1 Å². The number of pyridine rings is 1. The summed E-state index contributed by atoms with van der Waals surface area (Å²) in [6.45, 7) is 5.52. The van der Waals surface area contributed by atoms with Gasteiger partial charge in [0.1, 0.15) is 5.75 Å². The normalized spacial score (nSPS) is 16.5. The summed E-state index contributed by atoms with van der Waals surface area (Å²) in [6.07, 6.45) is 2.30. The molecule has 1 aromatic carbocycles. The van der Waals surface area contributed by atoms with E-state index in [4.69, 9.17) is 14.2 Å². The van der Waals surface area contributed by atoms with Gasteiger partial charge in [0.15, 0.2) is 5.79 Å². The van der Waals surface area contributed by atoms with Gasteiger partial charge >= 0.3 is 29.6 Å². The maximum Gasteiger partial charge on any atom is 1.00 e. The third kappa shape index (κ3) is 5.25. The molecule has 0 bridgehead atoms. The van der Waals surface area contributed by atoms with Crippen molar-refractivity contribution in [3.8, 4) is 5.75 Å². The summed E-state index contributed by atoms with van der Waals surface area (Å²) in [4.78, 5) is 13.1. The van der Waals surface area contributed by atoms with Crippen molar-refractivity contribution in [1.82, 2.24) is 15.0 Å². The Morgan fingerprint density at radius 2 is 2.00 bits per heavy atom. The van der Waals surface area contributed by atoms with E-state index >= 15 is 0 Å². The van der Waals surface area contributed by atoms with Crippen LogP contribution in [0.4, 0.5) is 0 Å². The molecule has 29 heavy (non-hydrogen) atoms. The number of para-hydroxylation sites is 2. The Hall–Kier alpha value is -1.29. The first-order valence-corrected chi connectivity index (χ1v) is 10.5. The summed E-state index contributed by atoms with van der Waals surface area (Å²) >= 11 is 0. The average Bonchev–Trinajstić information content (AvgIpc) is 3.31. The average molecular weight is 423 g/mol. The molecular formula is C20H22N3NaO4S. The number of hydrogen-bond acceptors (Lipinski definition) is 6. The molecule has 1 aliphatic rings. The first kappa shape index (κ1) is 22.4. The molecule has 1 saturated heterocycles. The Balaban J connectivity index is 0.00000240. The van der Waals surface area contributed by atoms with Crippen LogP contribution in [0.2, 0.25) is 0 Å². The third-order valence-electron chi connectivity index (χ3n) is 4.76. The van der Waals surface area contributed by atoms with Gasteiger partial charge in [-0.25, -0.2) is 0 Å². The van der Waals surface area contributed by atoms with Crippen molar-refractivity contribution in [3.63, 3.8) is 0 Å². The quantitative estimate of drug-likeness (QED) is 0.484. The molecule has 3 heterocycles. The summed E-state index contributed by atoms with van der Waals surface area (Å²) in [5.74, 6) is 0.378. The zero-order valence-corrected chi connectivity index (χ0v) is 19.7. The van der Waals surface area contributed by atoms with Crippen molar-refractivity contribution in [2.24, 2.45) is 0 Å². The van der Waals surface area contributed by atoms with E-state index in [1.165, 1.54) is 0 Å². The van der Waals surface area contributed by atoms with Gasteiger partial charge in [0, 0.05) is 23.3 Å². The zero-order chi connectivity index (χ0) is 19.6. The molecule has 0 saturated carbocycles. The standard InChI is InChI=1S/C20H22N3O4S.Na/c1-14-17(13-28(24)19-22-15-5-3-4-6-16(15)23-19)21-9-7-18(14)25-10-8-20(2)26-11-12-27-20;/h3-7,9H,8,10-13H2,1-2H3;/q-1;+1. The van der Waals surface area contributed by atoms with E-state index in [1.807, 2.05) is 44.2 Å². The third-order valence-corrected chi connectivity index (χ3v) is 5.88. The van der Waals surface area contributed by atoms with Crippen molar-refractivity contribution in [2.75, 3.05) is 19.8 Å². The number of imidazole rings is 1. The zero-order valence-electron chi connectivity index (χ0n) is 16.9. The smallest absolute Gasteiger partial charge is 0.493 e. The van der Waals surface area contributed by atoms with Gasteiger partial charge in [-0.05, 0) is 30.9 Å². The van der Waals surface area contributed by atoms with Crippen molar-refractivity contribution >= 4 is 21.8 Å². The Kier molecular flexibility index (Phi) is 7.47. The van der Waals surface area contributed by atoms with Gasteiger partial charge in [-0.2, -0.15) is 0 Å². The van der Waals surface area contributed by atoms with Crippen LogP contribution in [-0.2, 0) is 26.0 Å². The molecule has 0 radical (unpaired) electrons. The predicted molar refractivity (Wildman–Crippen MR) is 105 cm³/mol. The number of rotatable bonds is 7. The largest absolute Gasteiger partial charge is 1.00 e. The predicted octanol–water partition coefficient (Wildman–Crippen LogP) is -0.261. The maximum absolute atomic E-state index is 12.7. The van der Waals surface area contributed by atoms with E-state index in [-0.39, 0.29) is 35.3 Å². The molecule has 0 amide bonds. The minimum absolute atomic E-state index is 0. The van der Waals surface area contributed by atoms with E-state index < -0.39 is 16.6 Å². The van der Waals surface area contributed by atoms with Crippen LogP contribution in [0.1, 0.15) is 24.6 Å². The van der Waals surface area contributed by atoms with E-state index in [0.29, 0.717) is 37.1 Å². The van der Waals surface area contributed by atoms with Gasteiger partial charge in [-0.1, -0.05) is 24.3 Å².